The molecule has 0 spiro atoms. The smallest absolute Gasteiger partial charge is 0.224 e. The predicted octanol–water partition coefficient (Wildman–Crippen LogP) is 4.66. The van der Waals surface area contributed by atoms with E-state index in [1.54, 1.807) is 0 Å². The van der Waals surface area contributed by atoms with Gasteiger partial charge in [0.25, 0.3) is 0 Å². The number of amides is 1. The van der Waals surface area contributed by atoms with Gasteiger partial charge in [-0.25, -0.2) is 0 Å². The number of alkyl halides is 1. The summed E-state index contributed by atoms with van der Waals surface area (Å²) in [5, 5.41) is 2.70. The van der Waals surface area contributed by atoms with Crippen LogP contribution in [-0.4, -0.2) is 5.91 Å². The molecule has 0 saturated carbocycles. The minimum atomic E-state index is -0.185. The number of anilines is 1. The van der Waals surface area contributed by atoms with Crippen LogP contribution in [0, 0.1) is 0 Å². The molecular formula is C16H13BrClNO. The molecule has 0 saturated heterocycles. The number of nitrogens with one attached hydrogen (secondary N) is 1. The molecule has 2 aromatic carbocycles. The maximum absolute atomic E-state index is 11.4. The summed E-state index contributed by atoms with van der Waals surface area (Å²) in [6.45, 7) is 0. The van der Waals surface area contributed by atoms with Crippen molar-refractivity contribution in [3.63, 3.8) is 0 Å². The molecule has 1 amide bonds. The molecule has 0 bridgehead atoms. The van der Waals surface area contributed by atoms with E-state index in [0.29, 0.717) is 6.42 Å². The van der Waals surface area contributed by atoms with E-state index in [9.17, 15) is 4.79 Å². The van der Waals surface area contributed by atoms with Crippen molar-refractivity contribution in [1.29, 1.82) is 0 Å². The molecule has 1 heterocycles. The first kappa shape index (κ1) is 13.7. The molecule has 0 fully saturated rings. The van der Waals surface area contributed by atoms with Crippen molar-refractivity contribution in [2.24, 2.45) is 0 Å². The zero-order valence-corrected chi connectivity index (χ0v) is 13.0. The summed E-state index contributed by atoms with van der Waals surface area (Å²) in [5.74, 6) is 0.0830. The third kappa shape index (κ3) is 2.74. The van der Waals surface area contributed by atoms with Crippen LogP contribution in [0.1, 0.15) is 28.5 Å². The molecule has 0 aromatic heterocycles. The van der Waals surface area contributed by atoms with E-state index in [-0.39, 0.29) is 11.3 Å². The fourth-order valence-corrected chi connectivity index (χ4v) is 3.11. The van der Waals surface area contributed by atoms with Gasteiger partial charge in [0.2, 0.25) is 5.91 Å². The molecule has 2 nitrogen and oxygen atoms in total. The SMILES string of the molecule is O=C1CCc2cc(C(Cl)c3cccc(Br)c3)ccc2N1. The summed E-state index contributed by atoms with van der Waals surface area (Å²) >= 11 is 10.0. The van der Waals surface area contributed by atoms with Crippen molar-refractivity contribution in [2.75, 3.05) is 5.32 Å². The zero-order valence-electron chi connectivity index (χ0n) is 10.7. The fraction of sp³-hybridized carbons (Fsp3) is 0.188. The fourth-order valence-electron chi connectivity index (χ4n) is 2.42. The number of rotatable bonds is 2. The Morgan fingerprint density at radius 2 is 1.90 bits per heavy atom. The molecule has 102 valence electrons. The summed E-state index contributed by atoms with van der Waals surface area (Å²) < 4.78 is 1.02. The van der Waals surface area contributed by atoms with Gasteiger partial charge in [0.05, 0.1) is 5.38 Å². The van der Waals surface area contributed by atoms with Gasteiger partial charge in [0.15, 0.2) is 0 Å². The Kier molecular flexibility index (Phi) is 3.81. The quantitative estimate of drug-likeness (QED) is 0.784. The molecule has 20 heavy (non-hydrogen) atoms. The molecule has 1 atom stereocenters. The first-order chi connectivity index (χ1) is 9.63. The summed E-state index contributed by atoms with van der Waals surface area (Å²) in [4.78, 5) is 11.4. The van der Waals surface area contributed by atoms with Gasteiger partial charge in [0, 0.05) is 16.6 Å². The van der Waals surface area contributed by atoms with Gasteiger partial charge in [-0.05, 0) is 41.3 Å². The van der Waals surface area contributed by atoms with Gasteiger partial charge in [-0.1, -0.05) is 40.2 Å². The van der Waals surface area contributed by atoms with Crippen LogP contribution in [-0.2, 0) is 11.2 Å². The Hall–Kier alpha value is -1.32. The Labute approximate surface area is 131 Å². The molecule has 3 rings (SSSR count). The molecular weight excluding hydrogens is 338 g/mol. The van der Waals surface area contributed by atoms with Gasteiger partial charge >= 0.3 is 0 Å². The molecule has 1 aliphatic rings. The van der Waals surface area contributed by atoms with E-state index in [0.717, 1.165) is 33.3 Å². The lowest BCUT2D eigenvalue weighted by molar-refractivity contribution is -0.116. The van der Waals surface area contributed by atoms with Crippen molar-refractivity contribution in [3.05, 3.63) is 63.6 Å². The van der Waals surface area contributed by atoms with E-state index >= 15 is 0 Å². The first-order valence-corrected chi connectivity index (χ1v) is 7.68. The third-order valence-electron chi connectivity index (χ3n) is 3.46. The van der Waals surface area contributed by atoms with E-state index in [2.05, 4.69) is 27.3 Å². The molecule has 0 radical (unpaired) electrons. The van der Waals surface area contributed by atoms with Gasteiger partial charge in [-0.15, -0.1) is 11.6 Å². The monoisotopic (exact) mass is 349 g/mol. The topological polar surface area (TPSA) is 29.1 Å². The summed E-state index contributed by atoms with van der Waals surface area (Å²) in [6.07, 6.45) is 1.32. The summed E-state index contributed by atoms with van der Waals surface area (Å²) in [7, 11) is 0. The number of carbonyl (C=O) groups is 1. The Morgan fingerprint density at radius 1 is 1.10 bits per heavy atom. The van der Waals surface area contributed by atoms with Crippen molar-refractivity contribution < 1.29 is 4.79 Å². The Bertz CT molecular complexity index is 671. The van der Waals surface area contributed by atoms with E-state index in [4.69, 9.17) is 11.6 Å². The van der Waals surface area contributed by atoms with Crippen molar-refractivity contribution in [1.82, 2.24) is 0 Å². The highest BCUT2D eigenvalue weighted by atomic mass is 79.9. The van der Waals surface area contributed by atoms with Crippen molar-refractivity contribution >= 4 is 39.1 Å². The van der Waals surface area contributed by atoms with Crippen LogP contribution >= 0.6 is 27.5 Å². The first-order valence-electron chi connectivity index (χ1n) is 6.46. The maximum atomic E-state index is 11.4. The highest BCUT2D eigenvalue weighted by molar-refractivity contribution is 9.10. The molecule has 1 N–H and O–H groups in total. The van der Waals surface area contributed by atoms with Gasteiger partial charge in [0.1, 0.15) is 0 Å². The lowest BCUT2D eigenvalue weighted by Crippen LogP contribution is -2.19. The van der Waals surface area contributed by atoms with E-state index in [1.807, 2.05) is 36.4 Å². The predicted molar refractivity (Wildman–Crippen MR) is 85.2 cm³/mol. The lowest BCUT2D eigenvalue weighted by atomic mass is 9.97. The summed E-state index contributed by atoms with van der Waals surface area (Å²) in [6, 6.07) is 14.0. The third-order valence-corrected chi connectivity index (χ3v) is 4.46. The second-order valence-electron chi connectivity index (χ2n) is 4.88. The van der Waals surface area contributed by atoms with Crippen LogP contribution in [0.2, 0.25) is 0 Å². The number of carbonyl (C=O) groups excluding carboxylic acids is 1. The highest BCUT2D eigenvalue weighted by Crippen LogP contribution is 2.33. The van der Waals surface area contributed by atoms with Crippen molar-refractivity contribution in [2.45, 2.75) is 18.2 Å². The number of hydrogen-bond donors (Lipinski definition) is 1. The zero-order chi connectivity index (χ0) is 14.1. The van der Waals surface area contributed by atoms with Gasteiger partial charge < -0.3 is 5.32 Å². The molecule has 1 unspecified atom stereocenters. The van der Waals surface area contributed by atoms with Crippen LogP contribution in [0.25, 0.3) is 0 Å². The van der Waals surface area contributed by atoms with Crippen LogP contribution in [0.4, 0.5) is 5.69 Å². The molecule has 0 aliphatic carbocycles. The highest BCUT2D eigenvalue weighted by Gasteiger charge is 2.17. The van der Waals surface area contributed by atoms with Crippen LogP contribution in [0.15, 0.2) is 46.9 Å². The molecule has 4 heteroatoms. The van der Waals surface area contributed by atoms with Crippen LogP contribution < -0.4 is 5.32 Å². The molecule has 2 aromatic rings. The number of aryl methyl sites for hydroxylation is 1. The van der Waals surface area contributed by atoms with E-state index in [1.165, 1.54) is 0 Å². The second-order valence-corrected chi connectivity index (χ2v) is 6.23. The lowest BCUT2D eigenvalue weighted by Gasteiger charge is -2.19. The van der Waals surface area contributed by atoms with Gasteiger partial charge in [-0.2, -0.15) is 0 Å². The minimum absolute atomic E-state index is 0.0830. The standard InChI is InChI=1S/C16H13BrClNO/c17-13-3-1-2-11(9-13)16(18)12-4-6-14-10(8-12)5-7-15(20)19-14/h1-4,6,8-9,16H,5,7H2,(H,19,20). The maximum Gasteiger partial charge on any atom is 0.224 e. The summed E-state index contributed by atoms with van der Waals surface area (Å²) in [5.41, 5.74) is 4.17. The van der Waals surface area contributed by atoms with Crippen LogP contribution in [0.3, 0.4) is 0 Å². The average Bonchev–Trinajstić information content (AvgIpc) is 2.46. The van der Waals surface area contributed by atoms with Crippen LogP contribution in [0.5, 0.6) is 0 Å². The second kappa shape index (κ2) is 5.58. The number of fused-ring (bicyclic) bond motifs is 1. The Balaban J connectivity index is 1.93. The number of benzene rings is 2. The Morgan fingerprint density at radius 3 is 2.70 bits per heavy atom. The normalized spacial score (nSPS) is 15.4. The van der Waals surface area contributed by atoms with Crippen molar-refractivity contribution in [3.8, 4) is 0 Å². The number of halogens is 2. The van der Waals surface area contributed by atoms with E-state index < -0.39 is 0 Å². The minimum Gasteiger partial charge on any atom is -0.326 e. The largest absolute Gasteiger partial charge is 0.326 e. The average molecular weight is 351 g/mol. The number of hydrogen-bond acceptors (Lipinski definition) is 1. The van der Waals surface area contributed by atoms with Gasteiger partial charge in [-0.3, -0.25) is 4.79 Å². The molecule has 1 aliphatic heterocycles.